The maximum Gasteiger partial charge on any atom is 0.313 e. The van der Waals surface area contributed by atoms with Gasteiger partial charge in [0.15, 0.2) is 0 Å². The Morgan fingerprint density at radius 1 is 0.677 bits per heavy atom. The number of benzene rings is 2. The molecule has 0 saturated carbocycles. The average Bonchev–Trinajstić information content (AvgIpc) is 2.78. The zero-order valence-electron chi connectivity index (χ0n) is 18.5. The number of hydrogen-bond acceptors (Lipinski definition) is 3. The van der Waals surface area contributed by atoms with Crippen LogP contribution in [-0.2, 0) is 20.4 Å². The van der Waals surface area contributed by atoms with Crippen molar-refractivity contribution < 1.29 is 19.8 Å². The number of carbonyl (C=O) groups is 2. The third-order valence-electron chi connectivity index (χ3n) is 6.20. The summed E-state index contributed by atoms with van der Waals surface area (Å²) in [6.45, 7) is 3.62. The summed E-state index contributed by atoms with van der Waals surface area (Å²) in [5, 5.41) is 19.5. The molecule has 0 spiro atoms. The highest BCUT2D eigenvalue weighted by molar-refractivity contribution is 7.99. The summed E-state index contributed by atoms with van der Waals surface area (Å²) in [6.07, 6.45) is 4.96. The van der Waals surface area contributed by atoms with Crippen LogP contribution in [0.3, 0.4) is 0 Å². The summed E-state index contributed by atoms with van der Waals surface area (Å²) >= 11 is 1.87. The van der Waals surface area contributed by atoms with Gasteiger partial charge in [0.1, 0.15) is 0 Å². The minimum atomic E-state index is -0.843. The molecule has 0 aliphatic heterocycles. The van der Waals surface area contributed by atoms with Crippen molar-refractivity contribution in [2.45, 2.75) is 63.2 Å². The first-order valence-electron chi connectivity index (χ1n) is 11.0. The average molecular weight is 443 g/mol. The normalized spacial score (nSPS) is 15.0. The van der Waals surface area contributed by atoms with Gasteiger partial charge in [-0.3, -0.25) is 9.59 Å². The van der Waals surface area contributed by atoms with Crippen LogP contribution in [0.2, 0.25) is 0 Å². The van der Waals surface area contributed by atoms with E-state index in [0.717, 1.165) is 48.3 Å². The first-order valence-corrected chi connectivity index (χ1v) is 12.1. The third-order valence-corrected chi connectivity index (χ3v) is 7.35. The van der Waals surface area contributed by atoms with E-state index in [9.17, 15) is 19.8 Å². The Balaban J connectivity index is 1.67. The van der Waals surface area contributed by atoms with E-state index in [4.69, 9.17) is 0 Å². The zero-order valence-corrected chi connectivity index (χ0v) is 19.4. The lowest BCUT2D eigenvalue weighted by molar-refractivity contribution is -0.144. The molecule has 0 bridgehead atoms. The van der Waals surface area contributed by atoms with Gasteiger partial charge in [-0.1, -0.05) is 73.5 Å². The topological polar surface area (TPSA) is 74.6 Å². The molecule has 2 atom stereocenters. The summed E-state index contributed by atoms with van der Waals surface area (Å²) in [4.78, 5) is 23.7. The molecule has 0 radical (unpaired) electrons. The molecule has 2 aromatic carbocycles. The number of carboxylic acids is 2. The minimum Gasteiger partial charge on any atom is -0.481 e. The second kappa shape index (κ2) is 11.9. The Kier molecular flexibility index (Phi) is 9.63. The highest BCUT2D eigenvalue weighted by Crippen LogP contribution is 2.31. The molecule has 0 aliphatic rings. The standard InChI is InChI=1S/C26H34O4S/c1-25(23(27)28,21-13-5-3-6-14-21)17-9-11-19-31-20-12-10-18-26(2,24(29)30)22-15-7-4-8-16-22/h3-8,13-16H,9-12,17-20H2,1-2H3,(H,27,28)(H,29,30). The molecule has 2 unspecified atom stereocenters. The maximum atomic E-state index is 11.8. The molecule has 2 rings (SSSR count). The van der Waals surface area contributed by atoms with Gasteiger partial charge in [-0.05, 0) is 62.2 Å². The molecule has 0 fully saturated rings. The predicted octanol–water partition coefficient (Wildman–Crippen LogP) is 6.15. The van der Waals surface area contributed by atoms with Crippen molar-refractivity contribution in [1.82, 2.24) is 0 Å². The van der Waals surface area contributed by atoms with Crippen molar-refractivity contribution in [3.05, 3.63) is 71.8 Å². The second-order valence-electron chi connectivity index (χ2n) is 8.53. The molecule has 5 heteroatoms. The van der Waals surface area contributed by atoms with Gasteiger partial charge >= 0.3 is 11.9 Å². The van der Waals surface area contributed by atoms with Gasteiger partial charge in [-0.2, -0.15) is 11.8 Å². The SMILES string of the molecule is CC(CCCCSCCCCC(C)(C(=O)O)c1ccccc1)(C(=O)O)c1ccccc1. The van der Waals surface area contributed by atoms with Crippen LogP contribution in [0.4, 0.5) is 0 Å². The van der Waals surface area contributed by atoms with Crippen molar-refractivity contribution in [3.8, 4) is 0 Å². The molecular weight excluding hydrogens is 408 g/mol. The number of hydrogen-bond donors (Lipinski definition) is 2. The third kappa shape index (κ3) is 6.86. The number of aliphatic carboxylic acids is 2. The van der Waals surface area contributed by atoms with Crippen molar-refractivity contribution in [3.63, 3.8) is 0 Å². The van der Waals surface area contributed by atoms with E-state index >= 15 is 0 Å². The monoisotopic (exact) mass is 442 g/mol. The molecule has 2 aromatic rings. The lowest BCUT2D eigenvalue weighted by atomic mass is 9.78. The second-order valence-corrected chi connectivity index (χ2v) is 9.76. The van der Waals surface area contributed by atoms with Gasteiger partial charge in [-0.15, -0.1) is 0 Å². The largest absolute Gasteiger partial charge is 0.481 e. The van der Waals surface area contributed by atoms with E-state index in [1.54, 1.807) is 0 Å². The number of unbranched alkanes of at least 4 members (excludes halogenated alkanes) is 2. The smallest absolute Gasteiger partial charge is 0.313 e. The number of rotatable bonds is 14. The molecule has 4 nitrogen and oxygen atoms in total. The van der Waals surface area contributed by atoms with Crippen LogP contribution in [0.25, 0.3) is 0 Å². The van der Waals surface area contributed by atoms with Crippen LogP contribution in [0.5, 0.6) is 0 Å². The molecule has 0 aromatic heterocycles. The minimum absolute atomic E-state index is 0.626. The number of thioether (sulfide) groups is 1. The fourth-order valence-corrected chi connectivity index (χ4v) is 4.85. The van der Waals surface area contributed by atoms with Crippen molar-refractivity contribution in [2.24, 2.45) is 0 Å². The Morgan fingerprint density at radius 2 is 1.03 bits per heavy atom. The molecule has 0 amide bonds. The zero-order chi connectivity index (χ0) is 22.7. The van der Waals surface area contributed by atoms with Gasteiger partial charge in [0.05, 0.1) is 10.8 Å². The molecule has 0 saturated heterocycles. The Bertz CT molecular complexity index is 754. The van der Waals surface area contributed by atoms with Crippen LogP contribution < -0.4 is 0 Å². The highest BCUT2D eigenvalue weighted by Gasteiger charge is 2.35. The van der Waals surface area contributed by atoms with Crippen LogP contribution in [0.1, 0.15) is 63.5 Å². The Hall–Kier alpha value is -2.27. The van der Waals surface area contributed by atoms with Gasteiger partial charge in [0.25, 0.3) is 0 Å². The quantitative estimate of drug-likeness (QED) is 0.344. The van der Waals surface area contributed by atoms with Crippen LogP contribution >= 0.6 is 11.8 Å². The van der Waals surface area contributed by atoms with Crippen LogP contribution in [0, 0.1) is 0 Å². The van der Waals surface area contributed by atoms with Gasteiger partial charge in [0, 0.05) is 0 Å². The van der Waals surface area contributed by atoms with E-state index < -0.39 is 22.8 Å². The van der Waals surface area contributed by atoms with Crippen molar-refractivity contribution >= 4 is 23.7 Å². The summed E-state index contributed by atoms with van der Waals surface area (Å²) in [7, 11) is 0. The van der Waals surface area contributed by atoms with Gasteiger partial charge < -0.3 is 10.2 Å². The van der Waals surface area contributed by atoms with Gasteiger partial charge in [-0.25, -0.2) is 0 Å². The summed E-state index contributed by atoms with van der Waals surface area (Å²) < 4.78 is 0. The highest BCUT2D eigenvalue weighted by atomic mass is 32.2. The maximum absolute atomic E-state index is 11.8. The molecule has 168 valence electrons. The van der Waals surface area contributed by atoms with Crippen LogP contribution in [-0.4, -0.2) is 33.7 Å². The molecule has 31 heavy (non-hydrogen) atoms. The lowest BCUT2D eigenvalue weighted by Gasteiger charge is -2.25. The Labute approximate surface area is 190 Å². The summed E-state index contributed by atoms with van der Waals surface area (Å²) in [6, 6.07) is 18.9. The Morgan fingerprint density at radius 3 is 1.35 bits per heavy atom. The summed E-state index contributed by atoms with van der Waals surface area (Å²) in [5.74, 6) is 0.455. The first kappa shape index (κ1) is 25.0. The van der Waals surface area contributed by atoms with Crippen molar-refractivity contribution in [2.75, 3.05) is 11.5 Å². The van der Waals surface area contributed by atoms with Crippen molar-refractivity contribution in [1.29, 1.82) is 0 Å². The van der Waals surface area contributed by atoms with E-state index in [-0.39, 0.29) is 0 Å². The molecule has 0 heterocycles. The lowest BCUT2D eigenvalue weighted by Crippen LogP contribution is -2.32. The summed E-state index contributed by atoms with van der Waals surface area (Å²) in [5.41, 5.74) is 0.0278. The van der Waals surface area contributed by atoms with Crippen LogP contribution in [0.15, 0.2) is 60.7 Å². The molecular formula is C26H34O4S. The number of carboxylic acid groups (broad SMARTS) is 2. The van der Waals surface area contributed by atoms with E-state index in [1.165, 1.54) is 0 Å². The predicted molar refractivity (Wildman–Crippen MR) is 128 cm³/mol. The molecule has 2 N–H and O–H groups in total. The fourth-order valence-electron chi connectivity index (χ4n) is 3.83. The van der Waals surface area contributed by atoms with E-state index in [2.05, 4.69) is 0 Å². The fraction of sp³-hybridized carbons (Fsp3) is 0.462. The first-order chi connectivity index (χ1) is 14.8. The van der Waals surface area contributed by atoms with E-state index in [1.807, 2.05) is 86.3 Å². The van der Waals surface area contributed by atoms with Gasteiger partial charge in [0.2, 0.25) is 0 Å². The van der Waals surface area contributed by atoms with E-state index in [0.29, 0.717) is 12.8 Å². The molecule has 0 aliphatic carbocycles.